The van der Waals surface area contributed by atoms with Crippen LogP contribution in [0.25, 0.3) is 10.9 Å². The standard InChI is InChI=1S/C22H24N4O3/c1-3-15(2)21(28)25-17-8-6-7-16(11-17)12-23-20(27)13-26-14-24-19-10-5-4-9-18(19)22(26)29/h4-11,14-15H,3,12-13H2,1-2H3,(H,23,27)(H,25,28). The number of carbonyl (C=O) groups is 2. The monoisotopic (exact) mass is 392 g/mol. The lowest BCUT2D eigenvalue weighted by molar-refractivity contribution is -0.122. The molecule has 0 spiro atoms. The molecule has 0 bridgehead atoms. The first-order valence-corrected chi connectivity index (χ1v) is 9.58. The molecule has 1 heterocycles. The molecule has 1 unspecified atom stereocenters. The van der Waals surface area contributed by atoms with Crippen LogP contribution in [-0.2, 0) is 22.7 Å². The minimum atomic E-state index is -0.293. The van der Waals surface area contributed by atoms with E-state index in [0.717, 1.165) is 12.0 Å². The molecule has 0 aliphatic heterocycles. The lowest BCUT2D eigenvalue weighted by Crippen LogP contribution is -2.32. The van der Waals surface area contributed by atoms with Crippen molar-refractivity contribution in [1.29, 1.82) is 0 Å². The first-order valence-electron chi connectivity index (χ1n) is 9.58. The van der Waals surface area contributed by atoms with Crippen LogP contribution in [0, 0.1) is 5.92 Å². The number of carbonyl (C=O) groups excluding carboxylic acids is 2. The van der Waals surface area contributed by atoms with E-state index >= 15 is 0 Å². The molecule has 0 aliphatic carbocycles. The highest BCUT2D eigenvalue weighted by Gasteiger charge is 2.11. The van der Waals surface area contributed by atoms with Crippen molar-refractivity contribution in [1.82, 2.24) is 14.9 Å². The first-order chi connectivity index (χ1) is 14.0. The third-order valence-electron chi connectivity index (χ3n) is 4.79. The Balaban J connectivity index is 1.61. The van der Waals surface area contributed by atoms with Gasteiger partial charge in [0, 0.05) is 18.2 Å². The number of anilines is 1. The van der Waals surface area contributed by atoms with Crippen molar-refractivity contribution in [3.63, 3.8) is 0 Å². The van der Waals surface area contributed by atoms with Gasteiger partial charge in [0.15, 0.2) is 0 Å². The second-order valence-corrected chi connectivity index (χ2v) is 6.97. The summed E-state index contributed by atoms with van der Waals surface area (Å²) in [7, 11) is 0. The van der Waals surface area contributed by atoms with Crippen LogP contribution >= 0.6 is 0 Å². The van der Waals surface area contributed by atoms with Crippen LogP contribution in [0.4, 0.5) is 5.69 Å². The number of hydrogen-bond donors (Lipinski definition) is 2. The lowest BCUT2D eigenvalue weighted by atomic mass is 10.1. The average Bonchev–Trinajstić information content (AvgIpc) is 2.74. The lowest BCUT2D eigenvalue weighted by Gasteiger charge is -2.12. The fraction of sp³-hybridized carbons (Fsp3) is 0.273. The molecule has 2 aromatic carbocycles. The summed E-state index contributed by atoms with van der Waals surface area (Å²) in [6, 6.07) is 14.4. The third-order valence-corrected chi connectivity index (χ3v) is 4.79. The molecule has 2 N–H and O–H groups in total. The summed E-state index contributed by atoms with van der Waals surface area (Å²) in [5.74, 6) is -0.387. The van der Waals surface area contributed by atoms with E-state index in [1.54, 1.807) is 18.2 Å². The van der Waals surface area contributed by atoms with E-state index in [1.807, 2.05) is 44.2 Å². The van der Waals surface area contributed by atoms with Gasteiger partial charge in [-0.25, -0.2) is 4.98 Å². The number of para-hydroxylation sites is 1. The van der Waals surface area contributed by atoms with E-state index in [-0.39, 0.29) is 29.8 Å². The second-order valence-electron chi connectivity index (χ2n) is 6.97. The average molecular weight is 392 g/mol. The fourth-order valence-electron chi connectivity index (χ4n) is 2.84. The van der Waals surface area contributed by atoms with Crippen molar-refractivity contribution in [2.75, 3.05) is 5.32 Å². The Morgan fingerprint density at radius 1 is 1.14 bits per heavy atom. The Hall–Kier alpha value is -3.48. The molecule has 0 aliphatic rings. The molecule has 7 nitrogen and oxygen atoms in total. The maximum Gasteiger partial charge on any atom is 0.261 e. The summed E-state index contributed by atoms with van der Waals surface area (Å²) in [4.78, 5) is 41.0. The zero-order valence-electron chi connectivity index (χ0n) is 16.5. The van der Waals surface area contributed by atoms with Gasteiger partial charge in [0.1, 0.15) is 6.54 Å². The van der Waals surface area contributed by atoms with Crippen LogP contribution in [0.2, 0.25) is 0 Å². The van der Waals surface area contributed by atoms with E-state index < -0.39 is 0 Å². The Labute approximate surface area is 168 Å². The molecule has 3 aromatic rings. The zero-order chi connectivity index (χ0) is 20.8. The summed E-state index contributed by atoms with van der Waals surface area (Å²) in [6.07, 6.45) is 2.15. The van der Waals surface area contributed by atoms with Crippen molar-refractivity contribution < 1.29 is 9.59 Å². The summed E-state index contributed by atoms with van der Waals surface area (Å²) < 4.78 is 1.29. The number of rotatable bonds is 7. The quantitative estimate of drug-likeness (QED) is 0.647. The number of aromatic nitrogens is 2. The molecule has 2 amide bonds. The second kappa shape index (κ2) is 9.14. The normalized spacial score (nSPS) is 11.8. The van der Waals surface area contributed by atoms with E-state index in [1.165, 1.54) is 10.9 Å². The highest BCUT2D eigenvalue weighted by molar-refractivity contribution is 5.92. The molecule has 7 heteroatoms. The molecule has 1 aromatic heterocycles. The van der Waals surface area contributed by atoms with Crippen LogP contribution in [0.5, 0.6) is 0 Å². The van der Waals surface area contributed by atoms with Crippen molar-refractivity contribution in [3.8, 4) is 0 Å². The van der Waals surface area contributed by atoms with Crippen molar-refractivity contribution >= 4 is 28.4 Å². The van der Waals surface area contributed by atoms with E-state index in [0.29, 0.717) is 23.1 Å². The maximum absolute atomic E-state index is 12.5. The Morgan fingerprint density at radius 3 is 2.72 bits per heavy atom. The minimum absolute atomic E-state index is 0.0307. The van der Waals surface area contributed by atoms with Gasteiger partial charge in [-0.2, -0.15) is 0 Å². The van der Waals surface area contributed by atoms with Crippen molar-refractivity contribution in [3.05, 3.63) is 70.8 Å². The van der Waals surface area contributed by atoms with Crippen LogP contribution in [-0.4, -0.2) is 21.4 Å². The largest absolute Gasteiger partial charge is 0.350 e. The molecule has 1 atom stereocenters. The summed E-state index contributed by atoms with van der Waals surface area (Å²) in [6.45, 7) is 4.03. The summed E-state index contributed by atoms with van der Waals surface area (Å²) in [5, 5.41) is 6.16. The van der Waals surface area contributed by atoms with Crippen LogP contribution < -0.4 is 16.2 Å². The molecule has 0 fully saturated rings. The van der Waals surface area contributed by atoms with Gasteiger partial charge in [-0.3, -0.25) is 19.0 Å². The highest BCUT2D eigenvalue weighted by Crippen LogP contribution is 2.13. The maximum atomic E-state index is 12.5. The molecule has 3 rings (SSSR count). The van der Waals surface area contributed by atoms with Crippen LogP contribution in [0.15, 0.2) is 59.7 Å². The van der Waals surface area contributed by atoms with Gasteiger partial charge in [0.05, 0.1) is 17.2 Å². The van der Waals surface area contributed by atoms with Gasteiger partial charge in [-0.05, 0) is 36.2 Å². The van der Waals surface area contributed by atoms with E-state index in [2.05, 4.69) is 15.6 Å². The fourth-order valence-corrected chi connectivity index (χ4v) is 2.84. The van der Waals surface area contributed by atoms with Gasteiger partial charge in [0.2, 0.25) is 11.8 Å². The zero-order valence-corrected chi connectivity index (χ0v) is 16.5. The Morgan fingerprint density at radius 2 is 1.93 bits per heavy atom. The Kier molecular flexibility index (Phi) is 6.39. The predicted octanol–water partition coefficient (Wildman–Crippen LogP) is 2.70. The summed E-state index contributed by atoms with van der Waals surface area (Å²) >= 11 is 0. The Bertz CT molecular complexity index is 1090. The number of amides is 2. The SMILES string of the molecule is CCC(C)C(=O)Nc1cccc(CNC(=O)Cn2cnc3ccccc3c2=O)c1. The number of nitrogens with one attached hydrogen (secondary N) is 2. The molecule has 29 heavy (non-hydrogen) atoms. The smallest absolute Gasteiger partial charge is 0.261 e. The van der Waals surface area contributed by atoms with Crippen LogP contribution in [0.3, 0.4) is 0 Å². The van der Waals surface area contributed by atoms with Crippen molar-refractivity contribution in [2.45, 2.75) is 33.4 Å². The minimum Gasteiger partial charge on any atom is -0.350 e. The van der Waals surface area contributed by atoms with Gasteiger partial charge in [-0.15, -0.1) is 0 Å². The number of nitrogens with zero attached hydrogens (tertiary/aromatic N) is 2. The number of fused-ring (bicyclic) bond motifs is 1. The van der Waals surface area contributed by atoms with Gasteiger partial charge in [-0.1, -0.05) is 38.1 Å². The molecule has 0 saturated carbocycles. The molecule has 0 saturated heterocycles. The molecule has 150 valence electrons. The van der Waals surface area contributed by atoms with Gasteiger partial charge < -0.3 is 10.6 Å². The third kappa shape index (κ3) is 5.07. The van der Waals surface area contributed by atoms with Crippen molar-refractivity contribution in [2.24, 2.45) is 5.92 Å². The van der Waals surface area contributed by atoms with Gasteiger partial charge in [0.25, 0.3) is 5.56 Å². The molecular formula is C22H24N4O3. The predicted molar refractivity (Wildman–Crippen MR) is 112 cm³/mol. The molecule has 0 radical (unpaired) electrons. The number of hydrogen-bond acceptors (Lipinski definition) is 4. The van der Waals surface area contributed by atoms with E-state index in [4.69, 9.17) is 0 Å². The highest BCUT2D eigenvalue weighted by atomic mass is 16.2. The molecular weight excluding hydrogens is 368 g/mol. The first kappa shape index (κ1) is 20.3. The topological polar surface area (TPSA) is 93.1 Å². The summed E-state index contributed by atoms with van der Waals surface area (Å²) in [5.41, 5.74) is 1.90. The van der Waals surface area contributed by atoms with E-state index in [9.17, 15) is 14.4 Å². The number of benzene rings is 2. The van der Waals surface area contributed by atoms with Gasteiger partial charge >= 0.3 is 0 Å². The van der Waals surface area contributed by atoms with Crippen LogP contribution in [0.1, 0.15) is 25.8 Å².